The lowest BCUT2D eigenvalue weighted by Gasteiger charge is -2.16. The highest BCUT2D eigenvalue weighted by Gasteiger charge is 2.28. The van der Waals surface area contributed by atoms with Gasteiger partial charge in [-0.25, -0.2) is 13.1 Å². The molecule has 0 aliphatic carbocycles. The minimum atomic E-state index is -3.86. The van der Waals surface area contributed by atoms with E-state index in [-0.39, 0.29) is 11.8 Å². The second-order valence-electron chi connectivity index (χ2n) is 4.75. The zero-order valence-corrected chi connectivity index (χ0v) is 12.2. The predicted octanol–water partition coefficient (Wildman–Crippen LogP) is 1.11. The lowest BCUT2D eigenvalue weighted by Crippen LogP contribution is -2.42. The number of aromatic hydroxyl groups is 1. The molecule has 112 valence electrons. The third-order valence-corrected chi connectivity index (χ3v) is 4.84. The highest BCUT2D eigenvalue weighted by atomic mass is 32.2. The van der Waals surface area contributed by atoms with Gasteiger partial charge in [-0.2, -0.15) is 0 Å². The van der Waals surface area contributed by atoms with Crippen LogP contribution in [0.25, 0.3) is 0 Å². The van der Waals surface area contributed by atoms with Gasteiger partial charge in [0.25, 0.3) is 0 Å². The highest BCUT2D eigenvalue weighted by molar-refractivity contribution is 7.90. The number of rotatable bonds is 7. The first-order valence-corrected chi connectivity index (χ1v) is 7.79. The summed E-state index contributed by atoms with van der Waals surface area (Å²) in [4.78, 5) is 10.7. The lowest BCUT2D eigenvalue weighted by atomic mass is 10.1. The summed E-state index contributed by atoms with van der Waals surface area (Å²) in [7, 11) is -3.86. The first-order valence-electron chi connectivity index (χ1n) is 6.24. The maximum absolute atomic E-state index is 11.7. The molecule has 0 bridgehead atoms. The largest absolute Gasteiger partial charge is 0.508 e. The fourth-order valence-corrected chi connectivity index (χ4v) is 2.77. The fraction of sp³-hybridized carbons (Fsp3) is 0.462. The Hall–Kier alpha value is -1.60. The third kappa shape index (κ3) is 4.82. The van der Waals surface area contributed by atoms with Crippen LogP contribution < -0.4 is 4.72 Å². The molecule has 3 N–H and O–H groups in total. The van der Waals surface area contributed by atoms with Crippen LogP contribution in [0, 0.1) is 0 Å². The molecule has 6 nitrogen and oxygen atoms in total. The van der Waals surface area contributed by atoms with Gasteiger partial charge in [-0.15, -0.1) is 0 Å². The first kappa shape index (κ1) is 16.5. The van der Waals surface area contributed by atoms with Crippen LogP contribution in [-0.4, -0.2) is 35.9 Å². The van der Waals surface area contributed by atoms with Crippen LogP contribution in [-0.2, 0) is 21.2 Å². The Morgan fingerprint density at radius 1 is 1.25 bits per heavy atom. The Morgan fingerprint density at radius 2 is 1.80 bits per heavy atom. The number of carbonyl (C=O) groups is 1. The monoisotopic (exact) mass is 301 g/mol. The average Bonchev–Trinajstić information content (AvgIpc) is 2.36. The number of aryl methyl sites for hydroxylation is 1. The van der Waals surface area contributed by atoms with Crippen LogP contribution in [0.1, 0.15) is 25.8 Å². The molecule has 0 aliphatic heterocycles. The van der Waals surface area contributed by atoms with Crippen molar-refractivity contribution in [1.29, 1.82) is 0 Å². The second kappa shape index (κ2) is 6.71. The van der Waals surface area contributed by atoms with E-state index < -0.39 is 21.2 Å². The second-order valence-corrected chi connectivity index (χ2v) is 6.78. The number of phenols is 1. The van der Waals surface area contributed by atoms with Gasteiger partial charge in [0.1, 0.15) is 5.75 Å². The van der Waals surface area contributed by atoms with E-state index in [2.05, 4.69) is 4.72 Å². The van der Waals surface area contributed by atoms with E-state index in [1.54, 1.807) is 31.2 Å². The van der Waals surface area contributed by atoms with E-state index in [0.717, 1.165) is 12.5 Å². The van der Waals surface area contributed by atoms with Crippen molar-refractivity contribution in [2.24, 2.45) is 0 Å². The lowest BCUT2D eigenvalue weighted by molar-refractivity contribution is -0.136. The molecule has 2 unspecified atom stereocenters. The average molecular weight is 301 g/mol. The Labute approximate surface area is 118 Å². The third-order valence-electron chi connectivity index (χ3n) is 2.98. The van der Waals surface area contributed by atoms with Gasteiger partial charge >= 0.3 is 5.97 Å². The van der Waals surface area contributed by atoms with Crippen molar-refractivity contribution < 1.29 is 23.4 Å². The molecule has 20 heavy (non-hydrogen) atoms. The maximum atomic E-state index is 11.7. The van der Waals surface area contributed by atoms with Crippen molar-refractivity contribution in [3.8, 4) is 5.75 Å². The summed E-state index contributed by atoms with van der Waals surface area (Å²) in [5.74, 6) is -1.19. The van der Waals surface area contributed by atoms with Crippen LogP contribution in [0.3, 0.4) is 0 Å². The molecule has 7 heteroatoms. The Balaban J connectivity index is 2.53. The van der Waals surface area contributed by atoms with Gasteiger partial charge < -0.3 is 10.2 Å². The number of aliphatic carboxylic acids is 1. The molecular formula is C13H19NO5S. The number of nitrogens with one attached hydrogen (secondary N) is 1. The summed E-state index contributed by atoms with van der Waals surface area (Å²) >= 11 is 0. The highest BCUT2D eigenvalue weighted by Crippen LogP contribution is 2.12. The quantitative estimate of drug-likeness (QED) is 0.700. The molecule has 1 rings (SSSR count). The topological polar surface area (TPSA) is 104 Å². The predicted molar refractivity (Wildman–Crippen MR) is 75.0 cm³/mol. The number of sulfonamides is 1. The van der Waals surface area contributed by atoms with Gasteiger partial charge in [0.15, 0.2) is 5.25 Å². The summed E-state index contributed by atoms with van der Waals surface area (Å²) in [6.45, 7) is 2.82. The minimum Gasteiger partial charge on any atom is -0.508 e. The van der Waals surface area contributed by atoms with Gasteiger partial charge in [0.2, 0.25) is 10.0 Å². The molecule has 2 atom stereocenters. The molecule has 0 heterocycles. The standard InChI is InChI=1S/C13H19NO5S/c1-9(14-20(18,19)10(2)13(16)17)3-4-11-5-7-12(15)8-6-11/h5-10,14-15H,3-4H2,1-2H3,(H,16,17). The molecule has 1 aromatic rings. The van der Waals surface area contributed by atoms with E-state index in [1.165, 1.54) is 0 Å². The summed E-state index contributed by atoms with van der Waals surface area (Å²) in [6.07, 6.45) is 1.17. The van der Waals surface area contributed by atoms with Crippen LogP contribution >= 0.6 is 0 Å². The van der Waals surface area contributed by atoms with Gasteiger partial charge in [-0.3, -0.25) is 4.79 Å². The molecule has 0 saturated heterocycles. The van der Waals surface area contributed by atoms with Crippen LogP contribution in [0.4, 0.5) is 0 Å². The van der Waals surface area contributed by atoms with Gasteiger partial charge in [0, 0.05) is 6.04 Å². The van der Waals surface area contributed by atoms with E-state index >= 15 is 0 Å². The number of hydrogen-bond donors (Lipinski definition) is 3. The SMILES string of the molecule is CC(CCc1ccc(O)cc1)NS(=O)(=O)C(C)C(=O)O. The van der Waals surface area contributed by atoms with Crippen molar-refractivity contribution >= 4 is 16.0 Å². The number of phenolic OH excluding ortho intramolecular Hbond substituents is 1. The van der Waals surface area contributed by atoms with E-state index in [1.807, 2.05) is 0 Å². The van der Waals surface area contributed by atoms with Crippen molar-refractivity contribution in [3.63, 3.8) is 0 Å². The molecular weight excluding hydrogens is 282 g/mol. The number of carboxylic acid groups (broad SMARTS) is 1. The van der Waals surface area contributed by atoms with Gasteiger partial charge in [0.05, 0.1) is 0 Å². The summed E-state index contributed by atoms with van der Waals surface area (Å²) < 4.78 is 25.8. The summed E-state index contributed by atoms with van der Waals surface area (Å²) in [5.41, 5.74) is 0.972. The molecule has 0 radical (unpaired) electrons. The zero-order valence-electron chi connectivity index (χ0n) is 11.4. The van der Waals surface area contributed by atoms with E-state index in [9.17, 15) is 13.2 Å². The Morgan fingerprint density at radius 3 is 2.30 bits per heavy atom. The van der Waals surface area contributed by atoms with Crippen LogP contribution in [0.5, 0.6) is 5.75 Å². The first-order chi connectivity index (χ1) is 9.22. The van der Waals surface area contributed by atoms with E-state index in [4.69, 9.17) is 10.2 Å². The minimum absolute atomic E-state index is 0.179. The summed E-state index contributed by atoms with van der Waals surface area (Å²) in [5, 5.41) is 16.4. The molecule has 1 aromatic carbocycles. The smallest absolute Gasteiger partial charge is 0.323 e. The van der Waals surface area contributed by atoms with Crippen molar-refractivity contribution in [2.75, 3.05) is 0 Å². The van der Waals surface area contributed by atoms with Crippen molar-refractivity contribution in [2.45, 2.75) is 38.0 Å². The van der Waals surface area contributed by atoms with Crippen LogP contribution in [0.15, 0.2) is 24.3 Å². The van der Waals surface area contributed by atoms with Gasteiger partial charge in [-0.1, -0.05) is 12.1 Å². The Bertz CT molecular complexity index is 553. The molecule has 0 amide bonds. The van der Waals surface area contributed by atoms with Crippen LogP contribution in [0.2, 0.25) is 0 Å². The number of benzene rings is 1. The normalized spacial score (nSPS) is 14.7. The number of hydrogen-bond acceptors (Lipinski definition) is 4. The molecule has 0 saturated carbocycles. The van der Waals surface area contributed by atoms with E-state index in [0.29, 0.717) is 12.8 Å². The zero-order chi connectivity index (χ0) is 15.3. The van der Waals surface area contributed by atoms with Gasteiger partial charge in [-0.05, 0) is 44.4 Å². The van der Waals surface area contributed by atoms with Crippen molar-refractivity contribution in [1.82, 2.24) is 4.72 Å². The molecule has 0 fully saturated rings. The maximum Gasteiger partial charge on any atom is 0.323 e. The summed E-state index contributed by atoms with van der Waals surface area (Å²) in [6, 6.07) is 6.29. The molecule has 0 aromatic heterocycles. The van der Waals surface area contributed by atoms with Crippen molar-refractivity contribution in [3.05, 3.63) is 29.8 Å². The fourth-order valence-electron chi connectivity index (χ4n) is 1.62. The molecule has 0 aliphatic rings. The Kier molecular flexibility index (Phi) is 5.52. The molecule has 0 spiro atoms. The number of carboxylic acids is 1.